The lowest BCUT2D eigenvalue weighted by molar-refractivity contribution is -0.218. The monoisotopic (exact) mass is 736 g/mol. The lowest BCUT2D eigenvalue weighted by Crippen LogP contribution is -2.55. The molecule has 0 bridgehead atoms. The van der Waals surface area contributed by atoms with Gasteiger partial charge in [0.1, 0.15) is 36.6 Å². The summed E-state index contributed by atoms with van der Waals surface area (Å²) in [4.78, 5) is 22.7. The molecule has 0 unspecified atom stereocenters. The standard InChI is InChI=1S/C22H36N4O5.C15H28N2O4/c1-21(2)30-19-18(28-5)15(29-20(19)31-21)14-25-11-8-22(3,9-12-25)24-13-17(27)26-10-6-7-16(26)23-4;1-14(2)20-12-11(18-4)10(19-13(12)21-14)9-17-7-5-15(3,16)6-8-17/h15-16,18-20,24H,6-14H2,1-3,5H3;10-13H,5-9,16H2,1-4H3/t15-,16+,18+,19-,20-;10-,11+,12-,13-/m11/s1. The maximum atomic E-state index is 12.6. The van der Waals surface area contributed by atoms with Crippen molar-refractivity contribution in [2.45, 2.75) is 158 Å². The average Bonchev–Trinajstić information content (AvgIpc) is 3.87. The zero-order chi connectivity index (χ0) is 37.5. The van der Waals surface area contributed by atoms with Crippen LogP contribution in [0.15, 0.2) is 0 Å². The van der Waals surface area contributed by atoms with Gasteiger partial charge in [-0.05, 0) is 99.8 Å². The molecule has 52 heavy (non-hydrogen) atoms. The number of nitrogens with zero attached hydrogens (tertiary/aromatic N) is 4. The minimum absolute atomic E-state index is 0.0109. The number of ether oxygens (including phenoxy) is 8. The second kappa shape index (κ2) is 15.9. The van der Waals surface area contributed by atoms with Gasteiger partial charge in [0.2, 0.25) is 5.91 Å². The van der Waals surface area contributed by atoms with Crippen molar-refractivity contribution in [3.8, 4) is 0 Å². The quantitative estimate of drug-likeness (QED) is 0.333. The molecule has 7 rings (SSSR count). The highest BCUT2D eigenvalue weighted by Gasteiger charge is 2.56. The molecule has 9 atom stereocenters. The lowest BCUT2D eigenvalue weighted by Gasteiger charge is -2.41. The minimum atomic E-state index is -0.642. The van der Waals surface area contributed by atoms with Crippen molar-refractivity contribution in [3.05, 3.63) is 11.4 Å². The van der Waals surface area contributed by atoms with E-state index in [-0.39, 0.29) is 72.4 Å². The van der Waals surface area contributed by atoms with Gasteiger partial charge in [0.25, 0.3) is 0 Å². The first kappa shape index (κ1) is 40.2. The Labute approximate surface area is 310 Å². The Morgan fingerprint density at radius 1 is 0.788 bits per heavy atom. The number of rotatable bonds is 9. The predicted octanol–water partition coefficient (Wildman–Crippen LogP) is 1.88. The van der Waals surface area contributed by atoms with Crippen LogP contribution in [0.2, 0.25) is 0 Å². The highest BCUT2D eigenvalue weighted by Crippen LogP contribution is 2.40. The molecule has 7 fully saturated rings. The highest BCUT2D eigenvalue weighted by atomic mass is 16.8. The van der Waals surface area contributed by atoms with E-state index in [1.807, 2.05) is 27.7 Å². The van der Waals surface area contributed by atoms with Crippen LogP contribution in [0.5, 0.6) is 0 Å². The molecule has 0 radical (unpaired) electrons. The Hall–Kier alpha value is -1.52. The van der Waals surface area contributed by atoms with Crippen molar-refractivity contribution in [1.29, 1.82) is 0 Å². The normalized spacial score (nSPS) is 39.1. The van der Waals surface area contributed by atoms with Gasteiger partial charge in [0.15, 0.2) is 24.2 Å². The topological polar surface area (TPSA) is 143 Å². The molecule has 7 heterocycles. The number of nitrogens with one attached hydrogen (secondary N) is 1. The summed E-state index contributed by atoms with van der Waals surface area (Å²) in [6.45, 7) is 25.6. The van der Waals surface area contributed by atoms with Crippen LogP contribution in [0.1, 0.15) is 80.1 Å². The summed E-state index contributed by atoms with van der Waals surface area (Å²) >= 11 is 0. The van der Waals surface area contributed by atoms with Crippen molar-refractivity contribution < 1.29 is 42.7 Å². The molecule has 15 nitrogen and oxygen atoms in total. The second-order valence-corrected chi connectivity index (χ2v) is 17.2. The number of hydrogen-bond acceptors (Lipinski definition) is 13. The van der Waals surface area contributed by atoms with Gasteiger partial charge in [-0.25, -0.2) is 6.57 Å². The molecule has 7 aliphatic rings. The molecule has 1 amide bonds. The summed E-state index contributed by atoms with van der Waals surface area (Å²) < 4.78 is 47.1. The summed E-state index contributed by atoms with van der Waals surface area (Å²) in [7, 11) is 3.41. The summed E-state index contributed by atoms with van der Waals surface area (Å²) in [6, 6.07) is 0. The molecule has 0 aromatic carbocycles. The fourth-order valence-electron chi connectivity index (χ4n) is 8.68. The number of carbonyl (C=O) groups excluding carboxylic acids is 1. The number of methoxy groups -OCH3 is 2. The van der Waals surface area contributed by atoms with E-state index in [4.69, 9.17) is 50.2 Å². The van der Waals surface area contributed by atoms with E-state index in [0.29, 0.717) is 13.1 Å². The zero-order valence-corrected chi connectivity index (χ0v) is 32.6. The molecule has 0 saturated carbocycles. The minimum Gasteiger partial charge on any atom is -0.376 e. The Morgan fingerprint density at radius 2 is 1.27 bits per heavy atom. The van der Waals surface area contributed by atoms with Crippen LogP contribution in [0.4, 0.5) is 0 Å². The Bertz CT molecular complexity index is 1260. The number of likely N-dealkylation sites (tertiary alicyclic amines) is 3. The first-order chi connectivity index (χ1) is 24.5. The maximum Gasteiger partial charge on any atom is 0.300 e. The molecule has 7 saturated heterocycles. The third-order valence-electron chi connectivity index (χ3n) is 11.9. The summed E-state index contributed by atoms with van der Waals surface area (Å²) in [5.41, 5.74) is 6.08. The Morgan fingerprint density at radius 3 is 1.73 bits per heavy atom. The van der Waals surface area contributed by atoms with E-state index in [0.717, 1.165) is 77.8 Å². The molecule has 0 aliphatic carbocycles. The molecular weight excluding hydrogens is 672 g/mol. The largest absolute Gasteiger partial charge is 0.376 e. The van der Waals surface area contributed by atoms with Crippen molar-refractivity contribution in [2.75, 3.05) is 66.6 Å². The van der Waals surface area contributed by atoms with Crippen molar-refractivity contribution in [1.82, 2.24) is 20.0 Å². The van der Waals surface area contributed by atoms with E-state index < -0.39 is 11.6 Å². The van der Waals surface area contributed by atoms with Crippen molar-refractivity contribution in [3.63, 3.8) is 0 Å². The first-order valence-corrected chi connectivity index (χ1v) is 19.3. The van der Waals surface area contributed by atoms with E-state index in [9.17, 15) is 4.79 Å². The summed E-state index contributed by atoms with van der Waals surface area (Å²) in [5.74, 6) is -1.19. The van der Waals surface area contributed by atoms with Gasteiger partial charge in [-0.1, -0.05) is 0 Å². The van der Waals surface area contributed by atoms with Crippen molar-refractivity contribution >= 4 is 5.91 Å². The molecule has 3 N–H and O–H groups in total. The number of hydrogen-bond donors (Lipinski definition) is 2. The van der Waals surface area contributed by atoms with Gasteiger partial charge in [0.05, 0.1) is 6.54 Å². The number of piperidine rings is 2. The summed E-state index contributed by atoms with van der Waals surface area (Å²) in [5, 5.41) is 3.48. The molecule has 15 heteroatoms. The molecule has 0 spiro atoms. The Kier molecular flexibility index (Phi) is 12.3. The predicted molar refractivity (Wildman–Crippen MR) is 191 cm³/mol. The van der Waals surface area contributed by atoms with Gasteiger partial charge in [-0.2, -0.15) is 0 Å². The molecular formula is C37H64N6O9. The van der Waals surface area contributed by atoms with Crippen LogP contribution in [0, 0.1) is 6.57 Å². The zero-order valence-electron chi connectivity index (χ0n) is 32.6. The van der Waals surface area contributed by atoms with Crippen LogP contribution in [0.25, 0.3) is 4.85 Å². The molecule has 0 aromatic rings. The average molecular weight is 737 g/mol. The van der Waals surface area contributed by atoms with Crippen LogP contribution in [-0.2, 0) is 42.7 Å². The lowest BCUT2D eigenvalue weighted by atomic mass is 9.89. The fraction of sp³-hybridized carbons (Fsp3) is 0.946. The van der Waals surface area contributed by atoms with Crippen LogP contribution < -0.4 is 11.1 Å². The van der Waals surface area contributed by atoms with Gasteiger partial charge in [0, 0.05) is 51.4 Å². The number of amides is 1. The Balaban J connectivity index is 0.000000192. The highest BCUT2D eigenvalue weighted by molar-refractivity contribution is 5.79. The smallest absolute Gasteiger partial charge is 0.300 e. The van der Waals surface area contributed by atoms with Gasteiger partial charge in [-0.15, -0.1) is 0 Å². The number of carbonyl (C=O) groups is 1. The van der Waals surface area contributed by atoms with E-state index >= 15 is 0 Å². The van der Waals surface area contributed by atoms with E-state index in [1.165, 1.54) is 0 Å². The first-order valence-electron chi connectivity index (χ1n) is 19.3. The summed E-state index contributed by atoms with van der Waals surface area (Å²) in [6.07, 6.45) is 4.02. The van der Waals surface area contributed by atoms with Crippen LogP contribution in [-0.4, -0.2) is 165 Å². The SMILES string of the molecule is CO[C@@H]1[C@H]2OC(C)(C)O[C@H]2O[C@@H]1CN1CCC(C)(N)CC1.[C-]#[N+][C@@H]1CCCN1C(=O)CNC1(C)CCN(C[C@H]2O[C@@H]3OC(C)(C)O[C@@H]3[C@H]2OC)CC1. The number of nitrogens with two attached hydrogens (primary N) is 1. The second-order valence-electron chi connectivity index (χ2n) is 17.2. The van der Waals surface area contributed by atoms with E-state index in [2.05, 4.69) is 33.8 Å². The third-order valence-corrected chi connectivity index (χ3v) is 11.9. The van der Waals surface area contributed by atoms with Gasteiger partial charge >= 0.3 is 6.17 Å². The molecule has 296 valence electrons. The van der Waals surface area contributed by atoms with E-state index in [1.54, 1.807) is 19.1 Å². The molecule has 0 aromatic heterocycles. The third kappa shape index (κ3) is 9.29. The molecule has 7 aliphatic heterocycles. The van der Waals surface area contributed by atoms with Crippen LogP contribution >= 0.6 is 0 Å². The number of fused-ring (bicyclic) bond motifs is 2. The fourth-order valence-corrected chi connectivity index (χ4v) is 8.68. The maximum absolute atomic E-state index is 12.6. The van der Waals surface area contributed by atoms with Gasteiger partial charge in [-0.3, -0.25) is 14.5 Å². The van der Waals surface area contributed by atoms with Crippen molar-refractivity contribution in [2.24, 2.45) is 5.73 Å². The van der Waals surface area contributed by atoms with Gasteiger partial charge < -0.3 is 58.7 Å². The van der Waals surface area contributed by atoms with Crippen LogP contribution in [0.3, 0.4) is 0 Å².